The highest BCUT2D eigenvalue weighted by Gasteiger charge is 2.43. The van der Waals surface area contributed by atoms with Gasteiger partial charge < -0.3 is 24.7 Å². The summed E-state index contributed by atoms with van der Waals surface area (Å²) >= 11 is 0. The zero-order valence-electron chi connectivity index (χ0n) is 20.9. The normalized spacial score (nSPS) is 19.3. The molecule has 2 aromatic heterocycles. The molecule has 0 radical (unpaired) electrons. The molecule has 0 unspecified atom stereocenters. The molecule has 0 saturated carbocycles. The summed E-state index contributed by atoms with van der Waals surface area (Å²) in [4.78, 5) is 22.7. The van der Waals surface area contributed by atoms with Crippen LogP contribution in [-0.4, -0.2) is 60.5 Å². The first-order valence-electron chi connectivity index (χ1n) is 12.8. The van der Waals surface area contributed by atoms with Crippen LogP contribution in [0.5, 0.6) is 5.75 Å². The minimum Gasteiger partial charge on any atom is -0.406 e. The number of carbonyl (C=O) groups excluding carboxylic acids is 1. The van der Waals surface area contributed by atoms with E-state index in [2.05, 4.69) is 20.0 Å². The lowest BCUT2D eigenvalue weighted by atomic mass is 9.71. The van der Waals surface area contributed by atoms with E-state index in [0.29, 0.717) is 37.1 Å². The number of carbonyl (C=O) groups is 1. The molecule has 11 heteroatoms. The van der Waals surface area contributed by atoms with Gasteiger partial charge in [0.2, 0.25) is 0 Å². The van der Waals surface area contributed by atoms with E-state index in [1.807, 2.05) is 0 Å². The number of rotatable bonds is 4. The Morgan fingerprint density at radius 1 is 1.26 bits per heavy atom. The van der Waals surface area contributed by atoms with E-state index in [9.17, 15) is 18.0 Å². The lowest BCUT2D eigenvalue weighted by molar-refractivity contribution is -0.274. The number of aromatic amines is 1. The predicted octanol–water partition coefficient (Wildman–Crippen LogP) is 5.17. The molecule has 3 aliphatic rings. The molecule has 7 nitrogen and oxygen atoms in total. The maximum Gasteiger partial charge on any atom is 0.573 e. The number of nitrogens with one attached hydrogen (secondary N) is 2. The van der Waals surface area contributed by atoms with Gasteiger partial charge in [-0.05, 0) is 55.7 Å². The quantitative estimate of drug-likeness (QED) is 0.454. The van der Waals surface area contributed by atoms with Gasteiger partial charge >= 0.3 is 6.36 Å². The van der Waals surface area contributed by atoms with Crippen LogP contribution >= 0.6 is 0 Å². The summed E-state index contributed by atoms with van der Waals surface area (Å²) in [7, 11) is 1.53. The smallest absolute Gasteiger partial charge is 0.406 e. The molecule has 38 heavy (non-hydrogen) atoms. The van der Waals surface area contributed by atoms with Crippen molar-refractivity contribution in [1.29, 1.82) is 0 Å². The molecule has 2 aliphatic heterocycles. The van der Waals surface area contributed by atoms with Gasteiger partial charge in [-0.3, -0.25) is 4.79 Å². The number of anilines is 1. The third-order valence-electron chi connectivity index (χ3n) is 8.19. The molecule has 202 valence electrons. The fourth-order valence-corrected chi connectivity index (χ4v) is 6.23. The number of alkyl halides is 3. The van der Waals surface area contributed by atoms with Crippen molar-refractivity contribution in [2.75, 3.05) is 38.7 Å². The number of ether oxygens (including phenoxy) is 2. The first-order valence-corrected chi connectivity index (χ1v) is 12.8. The van der Waals surface area contributed by atoms with Crippen LogP contribution < -0.4 is 10.1 Å². The van der Waals surface area contributed by atoms with Crippen LogP contribution in [-0.2, 0) is 17.6 Å². The summed E-state index contributed by atoms with van der Waals surface area (Å²) in [6.07, 6.45) is 0.381. The van der Waals surface area contributed by atoms with E-state index in [-0.39, 0.29) is 34.3 Å². The molecule has 1 aromatic carbocycles. The van der Waals surface area contributed by atoms with Gasteiger partial charge in [0, 0.05) is 48.3 Å². The number of likely N-dealkylation sites (tertiary alicyclic amines) is 1. The molecule has 3 aromatic rings. The topological polar surface area (TPSA) is 79.5 Å². The number of amides is 1. The van der Waals surface area contributed by atoms with Crippen LogP contribution in [0.1, 0.15) is 52.4 Å². The number of aromatic nitrogens is 2. The van der Waals surface area contributed by atoms with Gasteiger partial charge in [-0.2, -0.15) is 0 Å². The molecule has 4 heterocycles. The SMILES string of the molecule is CNc1cc(OC(F)(F)F)ccc1C(=O)N1CCC(c2c(F)cnc3[nH]c4c(c23)CC2(CC4)COC2)CC1. The number of benzene rings is 1. The minimum absolute atomic E-state index is 0.0775. The number of hydrogen-bond donors (Lipinski definition) is 2. The van der Waals surface area contributed by atoms with Gasteiger partial charge in [0.25, 0.3) is 5.91 Å². The molecular weight excluding hydrogens is 504 g/mol. The van der Waals surface area contributed by atoms with Crippen molar-refractivity contribution in [2.24, 2.45) is 5.41 Å². The number of nitrogens with zero attached hydrogens (tertiary/aromatic N) is 2. The predicted molar refractivity (Wildman–Crippen MR) is 132 cm³/mol. The molecule has 6 rings (SSSR count). The van der Waals surface area contributed by atoms with Crippen LogP contribution in [0.2, 0.25) is 0 Å². The summed E-state index contributed by atoms with van der Waals surface area (Å²) < 4.78 is 62.6. The largest absolute Gasteiger partial charge is 0.573 e. The molecule has 2 fully saturated rings. The second-order valence-electron chi connectivity index (χ2n) is 10.6. The van der Waals surface area contributed by atoms with Crippen molar-refractivity contribution in [1.82, 2.24) is 14.9 Å². The fourth-order valence-electron chi connectivity index (χ4n) is 6.23. The molecule has 1 spiro atoms. The van der Waals surface area contributed by atoms with E-state index in [4.69, 9.17) is 4.74 Å². The second-order valence-corrected chi connectivity index (χ2v) is 10.6. The van der Waals surface area contributed by atoms with Crippen molar-refractivity contribution in [3.63, 3.8) is 0 Å². The van der Waals surface area contributed by atoms with Gasteiger partial charge in [-0.1, -0.05) is 0 Å². The van der Waals surface area contributed by atoms with Gasteiger partial charge in [-0.25, -0.2) is 9.37 Å². The highest BCUT2D eigenvalue weighted by atomic mass is 19.4. The van der Waals surface area contributed by atoms with Crippen LogP contribution in [0.25, 0.3) is 11.0 Å². The van der Waals surface area contributed by atoms with E-state index in [0.717, 1.165) is 61.3 Å². The minimum atomic E-state index is -4.82. The Bertz CT molecular complexity index is 1390. The monoisotopic (exact) mass is 532 g/mol. The number of piperidine rings is 1. The van der Waals surface area contributed by atoms with Gasteiger partial charge in [0.15, 0.2) is 0 Å². The molecule has 2 N–H and O–H groups in total. The van der Waals surface area contributed by atoms with Crippen molar-refractivity contribution < 1.29 is 31.8 Å². The molecule has 0 atom stereocenters. The third kappa shape index (κ3) is 4.36. The Hall–Kier alpha value is -3.34. The standard InChI is InChI=1S/C27H28F4N4O3/c1-32-21-10-16(38-27(29,30)31)2-3-17(21)25(36)35-8-5-15(6-9-35)22-19(28)12-33-24-23(22)18-11-26(13-37-14-26)7-4-20(18)34-24/h2-3,10,12,15,32H,4-9,11,13-14H2,1H3,(H,33,34). The average molecular weight is 533 g/mol. The number of pyridine rings is 1. The Kier molecular flexibility index (Phi) is 6.01. The summed E-state index contributed by atoms with van der Waals surface area (Å²) in [5.74, 6) is -1.10. The van der Waals surface area contributed by atoms with Crippen LogP contribution in [0.4, 0.5) is 23.2 Å². The van der Waals surface area contributed by atoms with Gasteiger partial charge in [0.05, 0.1) is 30.7 Å². The average Bonchev–Trinajstić information content (AvgIpc) is 3.24. The lowest BCUT2D eigenvalue weighted by Gasteiger charge is -2.44. The maximum atomic E-state index is 15.3. The Morgan fingerprint density at radius 3 is 2.68 bits per heavy atom. The Morgan fingerprint density at radius 2 is 2.03 bits per heavy atom. The van der Waals surface area contributed by atoms with E-state index in [1.165, 1.54) is 19.3 Å². The summed E-state index contributed by atoms with van der Waals surface area (Å²) in [5, 5.41) is 3.67. The number of H-pyrrole nitrogens is 1. The van der Waals surface area contributed by atoms with Crippen LogP contribution in [0, 0.1) is 11.2 Å². The summed E-state index contributed by atoms with van der Waals surface area (Å²) in [5.41, 5.74) is 4.28. The van der Waals surface area contributed by atoms with E-state index < -0.39 is 12.1 Å². The zero-order chi connectivity index (χ0) is 26.7. The van der Waals surface area contributed by atoms with Crippen molar-refractivity contribution in [3.8, 4) is 5.75 Å². The van der Waals surface area contributed by atoms with E-state index in [1.54, 1.807) is 4.90 Å². The molecular formula is C27H28F4N4O3. The van der Waals surface area contributed by atoms with Crippen molar-refractivity contribution in [2.45, 2.75) is 44.4 Å². The van der Waals surface area contributed by atoms with Crippen LogP contribution in [0.15, 0.2) is 24.4 Å². The van der Waals surface area contributed by atoms with Crippen LogP contribution in [0.3, 0.4) is 0 Å². The van der Waals surface area contributed by atoms with Crippen molar-refractivity contribution in [3.05, 3.63) is 52.6 Å². The molecule has 1 aliphatic carbocycles. The Labute approximate surface area is 216 Å². The molecule has 1 amide bonds. The number of aryl methyl sites for hydroxylation is 1. The number of halogens is 4. The number of fused-ring (bicyclic) bond motifs is 3. The first kappa shape index (κ1) is 25.0. The van der Waals surface area contributed by atoms with Gasteiger partial charge in [-0.15, -0.1) is 13.2 Å². The highest BCUT2D eigenvalue weighted by molar-refractivity contribution is 6.00. The maximum absolute atomic E-state index is 15.3. The zero-order valence-corrected chi connectivity index (χ0v) is 20.9. The highest BCUT2D eigenvalue weighted by Crippen LogP contribution is 2.46. The van der Waals surface area contributed by atoms with Crippen molar-refractivity contribution >= 4 is 22.6 Å². The Balaban J connectivity index is 1.22. The second kappa shape index (κ2) is 9.14. The number of hydrogen-bond acceptors (Lipinski definition) is 5. The summed E-state index contributed by atoms with van der Waals surface area (Å²) in [6, 6.07) is 3.62. The van der Waals surface area contributed by atoms with E-state index >= 15 is 4.39 Å². The molecule has 0 bridgehead atoms. The lowest BCUT2D eigenvalue weighted by Crippen LogP contribution is -2.46. The third-order valence-corrected chi connectivity index (χ3v) is 8.19. The summed E-state index contributed by atoms with van der Waals surface area (Å²) in [6.45, 7) is 2.27. The molecule has 2 saturated heterocycles. The first-order chi connectivity index (χ1) is 18.2. The fraction of sp³-hybridized carbons (Fsp3) is 0.481. The van der Waals surface area contributed by atoms with Gasteiger partial charge in [0.1, 0.15) is 17.2 Å².